The molecule has 1 rings (SSSR count). The van der Waals surface area contributed by atoms with E-state index in [9.17, 15) is 0 Å². The largest absolute Gasteiger partial charge is 0.469 e. The van der Waals surface area contributed by atoms with Crippen molar-refractivity contribution in [2.24, 2.45) is 10.9 Å². The van der Waals surface area contributed by atoms with Gasteiger partial charge < -0.3 is 15.1 Å². The molecule has 2 N–H and O–H groups in total. The second kappa shape index (κ2) is 10.1. The van der Waals surface area contributed by atoms with Crippen LogP contribution in [0.3, 0.4) is 0 Å². The molecular weight excluding hydrogens is 250 g/mol. The van der Waals surface area contributed by atoms with Gasteiger partial charge in [0.15, 0.2) is 5.96 Å². The first kappa shape index (κ1) is 16.3. The van der Waals surface area contributed by atoms with Gasteiger partial charge in [-0.25, -0.2) is 0 Å². The zero-order valence-electron chi connectivity index (χ0n) is 12.7. The van der Waals surface area contributed by atoms with E-state index in [2.05, 4.69) is 36.1 Å². The fourth-order valence-corrected chi connectivity index (χ4v) is 1.87. The third-order valence-corrected chi connectivity index (χ3v) is 3.32. The molecular formula is C16H27N3O. The molecule has 0 aromatic carbocycles. The standard InChI is InChI=1S/C16H27N3O/c1-4-10-17-16(19-13-14(5-2)6-3)18-11-9-15-8-7-12-20-15/h4,7-8,12,14H,1,5-6,9-11,13H2,2-3H3,(H2,17,18,19). The minimum absolute atomic E-state index is 0.655. The van der Waals surface area contributed by atoms with Crippen molar-refractivity contribution in [3.8, 4) is 0 Å². The normalized spacial score (nSPS) is 11.7. The van der Waals surface area contributed by atoms with E-state index in [-0.39, 0.29) is 0 Å². The summed E-state index contributed by atoms with van der Waals surface area (Å²) in [5, 5.41) is 6.57. The van der Waals surface area contributed by atoms with Gasteiger partial charge in [0.1, 0.15) is 5.76 Å². The Morgan fingerprint density at radius 1 is 1.40 bits per heavy atom. The summed E-state index contributed by atoms with van der Waals surface area (Å²) in [6, 6.07) is 3.90. The number of furan rings is 1. The second-order valence-corrected chi connectivity index (χ2v) is 4.80. The molecule has 0 aliphatic heterocycles. The van der Waals surface area contributed by atoms with Gasteiger partial charge in [0.2, 0.25) is 0 Å². The van der Waals surface area contributed by atoms with Crippen LogP contribution in [0.5, 0.6) is 0 Å². The Morgan fingerprint density at radius 3 is 2.80 bits per heavy atom. The highest BCUT2D eigenvalue weighted by Gasteiger charge is 2.04. The lowest BCUT2D eigenvalue weighted by atomic mass is 10.0. The van der Waals surface area contributed by atoms with E-state index in [1.165, 1.54) is 12.8 Å². The zero-order valence-corrected chi connectivity index (χ0v) is 12.7. The summed E-state index contributed by atoms with van der Waals surface area (Å²) in [5.41, 5.74) is 0. The molecule has 1 aromatic heterocycles. The van der Waals surface area contributed by atoms with Crippen molar-refractivity contribution >= 4 is 5.96 Å². The fraction of sp³-hybridized carbons (Fsp3) is 0.562. The van der Waals surface area contributed by atoms with Crippen molar-refractivity contribution in [2.75, 3.05) is 19.6 Å². The molecule has 0 fully saturated rings. The van der Waals surface area contributed by atoms with Crippen molar-refractivity contribution in [3.63, 3.8) is 0 Å². The Balaban J connectivity index is 2.41. The maximum Gasteiger partial charge on any atom is 0.191 e. The van der Waals surface area contributed by atoms with Gasteiger partial charge in [-0.05, 0) is 18.1 Å². The fourth-order valence-electron chi connectivity index (χ4n) is 1.87. The van der Waals surface area contributed by atoms with Crippen LogP contribution in [-0.4, -0.2) is 25.6 Å². The summed E-state index contributed by atoms with van der Waals surface area (Å²) in [4.78, 5) is 4.64. The van der Waals surface area contributed by atoms with Crippen LogP contribution in [0.4, 0.5) is 0 Å². The van der Waals surface area contributed by atoms with Crippen LogP contribution in [0.2, 0.25) is 0 Å². The lowest BCUT2D eigenvalue weighted by Crippen LogP contribution is -2.38. The molecule has 20 heavy (non-hydrogen) atoms. The van der Waals surface area contributed by atoms with Gasteiger partial charge in [-0.1, -0.05) is 32.8 Å². The van der Waals surface area contributed by atoms with Crippen LogP contribution in [0.1, 0.15) is 32.4 Å². The minimum Gasteiger partial charge on any atom is -0.469 e. The van der Waals surface area contributed by atoms with Crippen LogP contribution >= 0.6 is 0 Å². The molecule has 0 saturated heterocycles. The first-order chi connectivity index (χ1) is 9.80. The molecule has 0 radical (unpaired) electrons. The van der Waals surface area contributed by atoms with Gasteiger partial charge in [0, 0.05) is 26.1 Å². The summed E-state index contributed by atoms with van der Waals surface area (Å²) in [5.74, 6) is 2.49. The highest BCUT2D eigenvalue weighted by Crippen LogP contribution is 2.07. The molecule has 0 atom stereocenters. The molecule has 112 valence electrons. The van der Waals surface area contributed by atoms with Crippen molar-refractivity contribution in [2.45, 2.75) is 33.1 Å². The van der Waals surface area contributed by atoms with Crippen LogP contribution < -0.4 is 10.6 Å². The van der Waals surface area contributed by atoms with E-state index < -0.39 is 0 Å². The number of aliphatic imine (C=N–C) groups is 1. The monoisotopic (exact) mass is 277 g/mol. The van der Waals surface area contributed by atoms with Crippen molar-refractivity contribution in [1.82, 2.24) is 10.6 Å². The zero-order chi connectivity index (χ0) is 14.6. The van der Waals surface area contributed by atoms with E-state index in [4.69, 9.17) is 4.42 Å². The molecule has 0 amide bonds. The molecule has 0 unspecified atom stereocenters. The van der Waals surface area contributed by atoms with E-state index in [0.29, 0.717) is 5.92 Å². The van der Waals surface area contributed by atoms with E-state index in [0.717, 1.165) is 37.8 Å². The van der Waals surface area contributed by atoms with Crippen LogP contribution in [0.15, 0.2) is 40.5 Å². The second-order valence-electron chi connectivity index (χ2n) is 4.80. The molecule has 1 aromatic rings. The van der Waals surface area contributed by atoms with E-state index in [1.54, 1.807) is 6.26 Å². The summed E-state index contributed by atoms with van der Waals surface area (Å²) in [7, 11) is 0. The highest BCUT2D eigenvalue weighted by molar-refractivity contribution is 5.79. The first-order valence-electron chi connectivity index (χ1n) is 7.45. The predicted octanol–water partition coefficient (Wildman–Crippen LogP) is 2.98. The van der Waals surface area contributed by atoms with Gasteiger partial charge in [-0.2, -0.15) is 0 Å². The molecule has 0 aliphatic rings. The molecule has 0 aliphatic carbocycles. The third kappa shape index (κ3) is 6.45. The molecule has 0 spiro atoms. The maximum absolute atomic E-state index is 5.31. The number of guanidine groups is 1. The Kier molecular flexibility index (Phi) is 8.27. The number of hydrogen-bond donors (Lipinski definition) is 2. The number of nitrogens with one attached hydrogen (secondary N) is 2. The van der Waals surface area contributed by atoms with Gasteiger partial charge in [0.05, 0.1) is 6.26 Å². The van der Waals surface area contributed by atoms with Crippen molar-refractivity contribution < 1.29 is 4.42 Å². The molecule has 0 saturated carbocycles. The van der Waals surface area contributed by atoms with Gasteiger partial charge in [-0.15, -0.1) is 6.58 Å². The highest BCUT2D eigenvalue weighted by atomic mass is 16.3. The van der Waals surface area contributed by atoms with Crippen LogP contribution in [0, 0.1) is 5.92 Å². The number of hydrogen-bond acceptors (Lipinski definition) is 2. The van der Waals surface area contributed by atoms with E-state index >= 15 is 0 Å². The average molecular weight is 277 g/mol. The molecule has 0 bridgehead atoms. The van der Waals surface area contributed by atoms with Crippen molar-refractivity contribution in [3.05, 3.63) is 36.8 Å². The third-order valence-electron chi connectivity index (χ3n) is 3.32. The number of rotatable bonds is 9. The van der Waals surface area contributed by atoms with Gasteiger partial charge in [0.25, 0.3) is 0 Å². The van der Waals surface area contributed by atoms with Crippen LogP contribution in [0.25, 0.3) is 0 Å². The Labute approximate surface area is 122 Å². The topological polar surface area (TPSA) is 49.6 Å². The summed E-state index contributed by atoms with van der Waals surface area (Å²) < 4.78 is 5.31. The van der Waals surface area contributed by atoms with Crippen molar-refractivity contribution in [1.29, 1.82) is 0 Å². The number of nitrogens with zero attached hydrogens (tertiary/aromatic N) is 1. The van der Waals surface area contributed by atoms with Gasteiger partial charge in [-0.3, -0.25) is 4.99 Å². The minimum atomic E-state index is 0.655. The summed E-state index contributed by atoms with van der Waals surface area (Å²) in [6.45, 7) is 10.5. The summed E-state index contributed by atoms with van der Waals surface area (Å²) in [6.07, 6.45) is 6.73. The Morgan fingerprint density at radius 2 is 2.20 bits per heavy atom. The van der Waals surface area contributed by atoms with E-state index in [1.807, 2.05) is 18.2 Å². The predicted molar refractivity (Wildman–Crippen MR) is 85.0 cm³/mol. The lowest BCUT2D eigenvalue weighted by molar-refractivity contribution is 0.500. The maximum atomic E-state index is 5.31. The Hall–Kier alpha value is -1.71. The Bertz CT molecular complexity index is 380. The smallest absolute Gasteiger partial charge is 0.191 e. The molecule has 4 heteroatoms. The molecule has 1 heterocycles. The summed E-state index contributed by atoms with van der Waals surface area (Å²) >= 11 is 0. The van der Waals surface area contributed by atoms with Crippen LogP contribution in [-0.2, 0) is 6.42 Å². The quantitative estimate of drug-likeness (QED) is 0.414. The molecule has 4 nitrogen and oxygen atoms in total. The lowest BCUT2D eigenvalue weighted by Gasteiger charge is -2.13. The SMILES string of the molecule is C=CCNC(=NCC(CC)CC)NCCc1ccco1. The average Bonchev–Trinajstić information content (AvgIpc) is 2.98. The first-order valence-corrected chi connectivity index (χ1v) is 7.45. The van der Waals surface area contributed by atoms with Gasteiger partial charge >= 0.3 is 0 Å².